The van der Waals surface area contributed by atoms with Crippen LogP contribution in [0, 0.1) is 0 Å². The van der Waals surface area contributed by atoms with E-state index in [1.165, 1.54) is 21.2 Å². The van der Waals surface area contributed by atoms with E-state index in [1.54, 1.807) is 0 Å². The number of fused-ring (bicyclic) bond motifs is 1. The van der Waals surface area contributed by atoms with Gasteiger partial charge in [0.2, 0.25) is 5.91 Å². The summed E-state index contributed by atoms with van der Waals surface area (Å²) in [6.07, 6.45) is 0.612. The predicted octanol–water partition coefficient (Wildman–Crippen LogP) is 3.07. The maximum atomic E-state index is 13.4. The molecule has 3 N–H and O–H groups in total. The van der Waals surface area contributed by atoms with Crippen LogP contribution < -0.4 is 21.9 Å². The standard InChI is InChI=1S/C25H28N6O3S/c1-3-14-30(20(32)16-35-25-27-18-12-8-9-13-19(18)29(25)4-2)21-22(26)31(24(34)28-23(21)33)15-17-10-6-5-7-11-17/h5-13H,3-4,14-16,26H2,1-2H3,(H,28,33,34). The van der Waals surface area contributed by atoms with Gasteiger partial charge in [-0.25, -0.2) is 9.78 Å². The highest BCUT2D eigenvalue weighted by molar-refractivity contribution is 7.99. The molecule has 0 saturated carbocycles. The molecule has 1 amide bonds. The lowest BCUT2D eigenvalue weighted by molar-refractivity contribution is -0.116. The van der Waals surface area contributed by atoms with E-state index in [9.17, 15) is 14.4 Å². The lowest BCUT2D eigenvalue weighted by Crippen LogP contribution is -2.42. The molecule has 182 valence electrons. The molecule has 0 aliphatic carbocycles. The number of anilines is 2. The summed E-state index contributed by atoms with van der Waals surface area (Å²) >= 11 is 1.32. The quantitative estimate of drug-likeness (QED) is 0.347. The van der Waals surface area contributed by atoms with Crippen molar-refractivity contribution in [1.82, 2.24) is 19.1 Å². The molecule has 2 heterocycles. The van der Waals surface area contributed by atoms with Gasteiger partial charge in [-0.2, -0.15) is 0 Å². The second-order valence-corrected chi connectivity index (χ2v) is 8.97. The first-order chi connectivity index (χ1) is 16.9. The summed E-state index contributed by atoms with van der Waals surface area (Å²) in [6.45, 7) is 5.12. The Bertz CT molecular complexity index is 1460. The largest absolute Gasteiger partial charge is 0.383 e. The number of imidazole rings is 1. The third-order valence-corrected chi connectivity index (χ3v) is 6.64. The van der Waals surface area contributed by atoms with Crippen molar-refractivity contribution in [2.45, 2.75) is 38.5 Å². The third-order valence-electron chi connectivity index (χ3n) is 5.68. The van der Waals surface area contributed by atoms with Crippen molar-refractivity contribution in [1.29, 1.82) is 0 Å². The Hall–Kier alpha value is -3.79. The van der Waals surface area contributed by atoms with Crippen molar-refractivity contribution in [2.24, 2.45) is 0 Å². The van der Waals surface area contributed by atoms with Crippen LogP contribution in [-0.4, -0.2) is 37.3 Å². The number of carbonyl (C=O) groups is 1. The van der Waals surface area contributed by atoms with E-state index in [4.69, 9.17) is 5.73 Å². The van der Waals surface area contributed by atoms with Gasteiger partial charge in [-0.15, -0.1) is 0 Å². The van der Waals surface area contributed by atoms with Gasteiger partial charge in [0, 0.05) is 13.1 Å². The van der Waals surface area contributed by atoms with E-state index in [-0.39, 0.29) is 29.7 Å². The summed E-state index contributed by atoms with van der Waals surface area (Å²) in [7, 11) is 0. The zero-order chi connectivity index (χ0) is 24.9. The molecular formula is C25H28N6O3S. The fourth-order valence-corrected chi connectivity index (χ4v) is 4.97. The van der Waals surface area contributed by atoms with E-state index in [0.29, 0.717) is 19.5 Å². The van der Waals surface area contributed by atoms with Crippen LogP contribution in [0.25, 0.3) is 11.0 Å². The number of aryl methyl sites for hydroxylation is 1. The van der Waals surface area contributed by atoms with Gasteiger partial charge in [0.15, 0.2) is 10.8 Å². The summed E-state index contributed by atoms with van der Waals surface area (Å²) in [5, 5.41) is 0.731. The van der Waals surface area contributed by atoms with Gasteiger partial charge in [0.25, 0.3) is 5.56 Å². The zero-order valence-electron chi connectivity index (χ0n) is 19.7. The van der Waals surface area contributed by atoms with Crippen molar-refractivity contribution in [3.05, 3.63) is 81.0 Å². The number of rotatable bonds is 9. The highest BCUT2D eigenvalue weighted by Gasteiger charge is 2.24. The Balaban J connectivity index is 1.64. The van der Waals surface area contributed by atoms with E-state index in [2.05, 4.69) is 14.5 Å². The van der Waals surface area contributed by atoms with Gasteiger partial charge in [-0.3, -0.25) is 19.1 Å². The Labute approximate surface area is 206 Å². The Kier molecular flexibility index (Phi) is 7.40. The van der Waals surface area contributed by atoms with Crippen LogP contribution in [0.5, 0.6) is 0 Å². The number of aromatic nitrogens is 4. The zero-order valence-corrected chi connectivity index (χ0v) is 20.5. The first kappa shape index (κ1) is 24.3. The maximum absolute atomic E-state index is 13.4. The number of nitrogens with two attached hydrogens (primary N) is 1. The molecule has 0 spiro atoms. The number of aromatic amines is 1. The first-order valence-corrected chi connectivity index (χ1v) is 12.5. The van der Waals surface area contributed by atoms with Crippen molar-refractivity contribution < 1.29 is 4.79 Å². The number of nitrogens with zero attached hydrogens (tertiary/aromatic N) is 4. The average Bonchev–Trinajstić information content (AvgIpc) is 3.22. The minimum absolute atomic E-state index is 0.00280. The molecule has 4 rings (SSSR count). The van der Waals surface area contributed by atoms with E-state index in [1.807, 2.05) is 68.4 Å². The summed E-state index contributed by atoms with van der Waals surface area (Å²) in [6, 6.07) is 17.1. The number of hydrogen-bond acceptors (Lipinski definition) is 6. The number of thioether (sulfide) groups is 1. The van der Waals surface area contributed by atoms with Gasteiger partial charge in [-0.05, 0) is 31.0 Å². The average molecular weight is 493 g/mol. The van der Waals surface area contributed by atoms with Crippen LogP contribution >= 0.6 is 11.8 Å². The lowest BCUT2D eigenvalue weighted by Gasteiger charge is -2.24. The molecule has 10 heteroatoms. The van der Waals surface area contributed by atoms with Crippen LogP contribution in [0.1, 0.15) is 25.8 Å². The minimum atomic E-state index is -0.676. The van der Waals surface area contributed by atoms with Crippen LogP contribution in [0.3, 0.4) is 0 Å². The van der Waals surface area contributed by atoms with Crippen molar-refractivity contribution >= 4 is 40.2 Å². The number of amides is 1. The second-order valence-electron chi connectivity index (χ2n) is 8.03. The molecular weight excluding hydrogens is 464 g/mol. The highest BCUT2D eigenvalue weighted by Crippen LogP contribution is 2.26. The van der Waals surface area contributed by atoms with Gasteiger partial charge < -0.3 is 15.2 Å². The molecule has 0 radical (unpaired) electrons. The van der Waals surface area contributed by atoms with E-state index < -0.39 is 11.2 Å². The summed E-state index contributed by atoms with van der Waals surface area (Å²) in [5.74, 6) is -0.246. The van der Waals surface area contributed by atoms with Crippen LogP contribution in [0.4, 0.5) is 11.5 Å². The molecule has 0 saturated heterocycles. The fraction of sp³-hybridized carbons (Fsp3) is 0.280. The fourth-order valence-electron chi connectivity index (χ4n) is 4.02. The molecule has 2 aromatic carbocycles. The Morgan fingerprint density at radius 3 is 2.49 bits per heavy atom. The van der Waals surface area contributed by atoms with Gasteiger partial charge in [0.1, 0.15) is 5.82 Å². The SMILES string of the molecule is CCCN(C(=O)CSc1nc2ccccc2n1CC)c1c(N)n(Cc2ccccc2)c(=O)[nH]c1=O. The number of carbonyl (C=O) groups excluding carboxylic acids is 1. The van der Waals surface area contributed by atoms with Gasteiger partial charge in [-0.1, -0.05) is 61.2 Å². The van der Waals surface area contributed by atoms with Crippen LogP contribution in [0.2, 0.25) is 0 Å². The predicted molar refractivity (Wildman–Crippen MR) is 140 cm³/mol. The normalized spacial score (nSPS) is 11.1. The van der Waals surface area contributed by atoms with Crippen molar-refractivity contribution in [3.63, 3.8) is 0 Å². The van der Waals surface area contributed by atoms with E-state index >= 15 is 0 Å². The van der Waals surface area contributed by atoms with Crippen molar-refractivity contribution in [2.75, 3.05) is 22.9 Å². The number of benzene rings is 2. The van der Waals surface area contributed by atoms with Crippen LogP contribution in [-0.2, 0) is 17.9 Å². The highest BCUT2D eigenvalue weighted by atomic mass is 32.2. The molecule has 4 aromatic rings. The monoisotopic (exact) mass is 492 g/mol. The topological polar surface area (TPSA) is 119 Å². The number of nitrogens with one attached hydrogen (secondary N) is 1. The summed E-state index contributed by atoms with van der Waals surface area (Å²) < 4.78 is 3.34. The molecule has 0 atom stereocenters. The summed E-state index contributed by atoms with van der Waals surface area (Å²) in [5.41, 5.74) is 7.75. The van der Waals surface area contributed by atoms with Crippen LogP contribution in [0.15, 0.2) is 69.3 Å². The molecule has 2 aromatic heterocycles. The molecule has 0 aliphatic rings. The lowest BCUT2D eigenvalue weighted by atomic mass is 10.2. The maximum Gasteiger partial charge on any atom is 0.330 e. The van der Waals surface area contributed by atoms with Gasteiger partial charge in [0.05, 0.1) is 23.3 Å². The number of nitrogen functional groups attached to an aromatic ring is 1. The number of H-pyrrole nitrogens is 1. The summed E-state index contributed by atoms with van der Waals surface area (Å²) in [4.78, 5) is 47.1. The molecule has 9 nitrogen and oxygen atoms in total. The minimum Gasteiger partial charge on any atom is -0.383 e. The van der Waals surface area contributed by atoms with Gasteiger partial charge >= 0.3 is 5.69 Å². The Morgan fingerprint density at radius 1 is 1.06 bits per heavy atom. The molecule has 0 fully saturated rings. The number of hydrogen-bond donors (Lipinski definition) is 2. The molecule has 0 aliphatic heterocycles. The molecule has 0 bridgehead atoms. The van der Waals surface area contributed by atoms with E-state index in [0.717, 1.165) is 21.8 Å². The van der Waals surface area contributed by atoms with Crippen molar-refractivity contribution in [3.8, 4) is 0 Å². The number of para-hydroxylation sites is 2. The Morgan fingerprint density at radius 2 is 1.77 bits per heavy atom. The molecule has 35 heavy (non-hydrogen) atoms. The first-order valence-electron chi connectivity index (χ1n) is 11.5. The third kappa shape index (κ3) is 5.02. The smallest absolute Gasteiger partial charge is 0.330 e. The molecule has 0 unspecified atom stereocenters. The second kappa shape index (κ2) is 10.6.